The first-order valence-corrected chi connectivity index (χ1v) is 8.28. The van der Waals surface area contributed by atoms with E-state index in [1.807, 2.05) is 36.4 Å². The molecule has 0 aliphatic carbocycles. The van der Waals surface area contributed by atoms with Gasteiger partial charge in [0.25, 0.3) is 0 Å². The third-order valence-electron chi connectivity index (χ3n) is 4.29. The van der Waals surface area contributed by atoms with Gasteiger partial charge in [-0.15, -0.1) is 0 Å². The molecule has 2 heterocycles. The summed E-state index contributed by atoms with van der Waals surface area (Å²) in [6, 6.07) is 18.4. The SMILES string of the molecule is N#CC1=C(N)Oc2cc(N)ccc2[C@@H]1c1ccc(-c2ccccc2Cl)o1. The molecule has 0 saturated heterocycles. The minimum atomic E-state index is -0.472. The Morgan fingerprint density at radius 2 is 1.85 bits per heavy atom. The Bertz CT molecular complexity index is 1080. The number of furan rings is 1. The van der Waals surface area contributed by atoms with Gasteiger partial charge in [0.2, 0.25) is 5.88 Å². The highest BCUT2D eigenvalue weighted by Gasteiger charge is 2.33. The van der Waals surface area contributed by atoms with E-state index >= 15 is 0 Å². The second-order valence-electron chi connectivity index (χ2n) is 5.90. The molecule has 1 aliphatic rings. The number of hydrogen-bond donors (Lipinski definition) is 2. The van der Waals surface area contributed by atoms with Gasteiger partial charge in [0.15, 0.2) is 0 Å². The van der Waals surface area contributed by atoms with Crippen molar-refractivity contribution in [2.24, 2.45) is 5.73 Å². The number of anilines is 1. The molecule has 5 nitrogen and oxygen atoms in total. The number of benzene rings is 2. The lowest BCUT2D eigenvalue weighted by atomic mass is 9.87. The topological polar surface area (TPSA) is 98.2 Å². The Morgan fingerprint density at radius 1 is 1.04 bits per heavy atom. The van der Waals surface area contributed by atoms with E-state index in [1.54, 1.807) is 18.2 Å². The molecule has 0 saturated carbocycles. The highest BCUT2D eigenvalue weighted by atomic mass is 35.5. The fourth-order valence-electron chi connectivity index (χ4n) is 3.08. The standard InChI is InChI=1S/C20H14ClN3O2/c21-15-4-2-1-3-12(15)16-7-8-17(25-16)19-13-6-5-11(23)9-18(13)26-20(24)14(19)10-22/h1-9,19H,23-24H2/t19-/m0/s1. The molecule has 1 atom stereocenters. The lowest BCUT2D eigenvalue weighted by Gasteiger charge is -2.24. The van der Waals surface area contributed by atoms with E-state index in [-0.39, 0.29) is 5.88 Å². The normalized spacial score (nSPS) is 15.9. The van der Waals surface area contributed by atoms with Crippen molar-refractivity contribution in [1.82, 2.24) is 0 Å². The molecule has 0 amide bonds. The molecule has 26 heavy (non-hydrogen) atoms. The maximum absolute atomic E-state index is 9.59. The second-order valence-corrected chi connectivity index (χ2v) is 6.31. The largest absolute Gasteiger partial charge is 0.460 e. The molecule has 0 radical (unpaired) electrons. The van der Waals surface area contributed by atoms with Gasteiger partial charge in [-0.25, -0.2) is 0 Å². The Hall–Kier alpha value is -3.36. The first kappa shape index (κ1) is 16.1. The molecule has 1 aromatic heterocycles. The van der Waals surface area contributed by atoms with E-state index in [9.17, 15) is 5.26 Å². The Morgan fingerprint density at radius 3 is 2.62 bits per heavy atom. The third-order valence-corrected chi connectivity index (χ3v) is 4.62. The van der Waals surface area contributed by atoms with Crippen LogP contribution in [0, 0.1) is 11.3 Å². The number of nitrogens with two attached hydrogens (primary N) is 2. The molecule has 1 aliphatic heterocycles. The van der Waals surface area contributed by atoms with Crippen LogP contribution < -0.4 is 16.2 Å². The van der Waals surface area contributed by atoms with Crippen LogP contribution in [0.25, 0.3) is 11.3 Å². The molecule has 0 fully saturated rings. The maximum Gasteiger partial charge on any atom is 0.205 e. The molecule has 0 spiro atoms. The quantitative estimate of drug-likeness (QED) is 0.657. The highest BCUT2D eigenvalue weighted by molar-refractivity contribution is 6.33. The minimum Gasteiger partial charge on any atom is -0.460 e. The van der Waals surface area contributed by atoms with E-state index in [2.05, 4.69) is 6.07 Å². The molecular weight excluding hydrogens is 350 g/mol. The van der Waals surface area contributed by atoms with Gasteiger partial charge >= 0.3 is 0 Å². The summed E-state index contributed by atoms with van der Waals surface area (Å²) in [7, 11) is 0. The first-order chi connectivity index (χ1) is 12.6. The zero-order chi connectivity index (χ0) is 18.3. The summed E-state index contributed by atoms with van der Waals surface area (Å²) < 4.78 is 11.6. The number of fused-ring (bicyclic) bond motifs is 1. The summed E-state index contributed by atoms with van der Waals surface area (Å²) in [6.07, 6.45) is 0. The van der Waals surface area contributed by atoms with Crippen LogP contribution in [0.1, 0.15) is 17.2 Å². The number of nitrogen functional groups attached to an aromatic ring is 1. The van der Waals surface area contributed by atoms with Crippen LogP contribution in [0.4, 0.5) is 5.69 Å². The number of ether oxygens (including phenoxy) is 1. The molecular formula is C20H14ClN3O2. The number of hydrogen-bond acceptors (Lipinski definition) is 5. The number of allylic oxidation sites excluding steroid dienone is 1. The lowest BCUT2D eigenvalue weighted by Crippen LogP contribution is -2.20. The van der Waals surface area contributed by atoms with Gasteiger partial charge in [0.1, 0.15) is 28.9 Å². The van der Waals surface area contributed by atoms with E-state index < -0.39 is 5.92 Å². The van der Waals surface area contributed by atoms with Crippen molar-refractivity contribution in [3.63, 3.8) is 0 Å². The average Bonchev–Trinajstić information content (AvgIpc) is 3.10. The molecule has 0 unspecified atom stereocenters. The predicted octanol–water partition coefficient (Wildman–Crippen LogP) is 4.40. The Labute approximate surface area is 155 Å². The highest BCUT2D eigenvalue weighted by Crippen LogP contribution is 2.44. The van der Waals surface area contributed by atoms with Crippen LogP contribution in [0.3, 0.4) is 0 Å². The van der Waals surface area contributed by atoms with Crippen molar-refractivity contribution in [1.29, 1.82) is 5.26 Å². The number of rotatable bonds is 2. The summed E-state index contributed by atoms with van der Waals surface area (Å²) in [5.74, 6) is 1.28. The van der Waals surface area contributed by atoms with Crippen LogP contribution in [0.5, 0.6) is 5.75 Å². The number of nitriles is 1. The van der Waals surface area contributed by atoms with E-state index in [4.69, 9.17) is 32.2 Å². The zero-order valence-corrected chi connectivity index (χ0v) is 14.3. The van der Waals surface area contributed by atoms with E-state index in [0.29, 0.717) is 33.6 Å². The van der Waals surface area contributed by atoms with E-state index in [0.717, 1.165) is 11.1 Å². The van der Waals surface area contributed by atoms with Crippen molar-refractivity contribution < 1.29 is 9.15 Å². The van der Waals surface area contributed by atoms with Crippen molar-refractivity contribution in [2.45, 2.75) is 5.92 Å². The Balaban J connectivity index is 1.85. The first-order valence-electron chi connectivity index (χ1n) is 7.90. The van der Waals surface area contributed by atoms with Crippen LogP contribution in [-0.4, -0.2) is 0 Å². The molecule has 3 aromatic rings. The molecule has 4 N–H and O–H groups in total. The molecule has 0 bridgehead atoms. The van der Waals surface area contributed by atoms with Crippen LogP contribution >= 0.6 is 11.6 Å². The third kappa shape index (κ3) is 2.57. The van der Waals surface area contributed by atoms with Crippen molar-refractivity contribution >= 4 is 17.3 Å². The summed E-state index contributed by atoms with van der Waals surface area (Å²) in [6.45, 7) is 0. The van der Waals surface area contributed by atoms with Crippen LogP contribution in [0.2, 0.25) is 5.02 Å². The van der Waals surface area contributed by atoms with Gasteiger partial charge in [0.05, 0.1) is 10.9 Å². The number of halogens is 1. The molecule has 2 aromatic carbocycles. The number of nitrogens with zero attached hydrogens (tertiary/aromatic N) is 1. The molecule has 4 rings (SSSR count). The van der Waals surface area contributed by atoms with Crippen molar-refractivity contribution in [3.8, 4) is 23.1 Å². The minimum absolute atomic E-state index is 0.0475. The average molecular weight is 364 g/mol. The second kappa shape index (κ2) is 6.17. The monoisotopic (exact) mass is 363 g/mol. The van der Waals surface area contributed by atoms with Gasteiger partial charge in [-0.2, -0.15) is 5.26 Å². The molecule has 128 valence electrons. The van der Waals surface area contributed by atoms with Crippen LogP contribution in [-0.2, 0) is 0 Å². The van der Waals surface area contributed by atoms with Gasteiger partial charge in [-0.3, -0.25) is 0 Å². The summed E-state index contributed by atoms with van der Waals surface area (Å²) in [5, 5.41) is 10.2. The van der Waals surface area contributed by atoms with Gasteiger partial charge in [-0.05, 0) is 30.3 Å². The molecule has 6 heteroatoms. The summed E-state index contributed by atoms with van der Waals surface area (Å²) >= 11 is 6.26. The zero-order valence-electron chi connectivity index (χ0n) is 13.6. The van der Waals surface area contributed by atoms with Gasteiger partial charge < -0.3 is 20.6 Å². The van der Waals surface area contributed by atoms with Crippen molar-refractivity contribution in [2.75, 3.05) is 5.73 Å². The van der Waals surface area contributed by atoms with E-state index in [1.165, 1.54) is 0 Å². The van der Waals surface area contributed by atoms with Gasteiger partial charge in [0, 0.05) is 22.9 Å². The fourth-order valence-corrected chi connectivity index (χ4v) is 3.31. The lowest BCUT2D eigenvalue weighted by molar-refractivity contribution is 0.385. The van der Waals surface area contributed by atoms with Crippen LogP contribution in [0.15, 0.2) is 70.5 Å². The smallest absolute Gasteiger partial charge is 0.205 e. The maximum atomic E-state index is 9.59. The van der Waals surface area contributed by atoms with Crippen molar-refractivity contribution in [3.05, 3.63) is 82.4 Å². The summed E-state index contributed by atoms with van der Waals surface area (Å²) in [4.78, 5) is 0. The fraction of sp³-hybridized carbons (Fsp3) is 0.0500. The predicted molar refractivity (Wildman–Crippen MR) is 99.3 cm³/mol. The summed E-state index contributed by atoms with van der Waals surface area (Å²) in [5.41, 5.74) is 14.2. The van der Waals surface area contributed by atoms with Gasteiger partial charge in [-0.1, -0.05) is 29.8 Å². The Kier molecular flexibility index (Phi) is 3.83.